The number of rotatable bonds is 2. The van der Waals surface area contributed by atoms with Crippen LogP contribution in [0.1, 0.15) is 38.7 Å². The Balaban J connectivity index is 2.04. The number of amides is 1. The van der Waals surface area contributed by atoms with E-state index in [2.05, 4.69) is 18.8 Å². The van der Waals surface area contributed by atoms with E-state index in [1.54, 1.807) is 12.3 Å². The van der Waals surface area contributed by atoms with E-state index in [0.717, 1.165) is 24.9 Å². The average Bonchev–Trinajstić information content (AvgIpc) is 2.45. The zero-order chi connectivity index (χ0) is 13.2. The number of hydrogen-bond acceptors (Lipinski definition) is 3. The Hall–Kier alpha value is -1.58. The Labute approximate surface area is 108 Å². The van der Waals surface area contributed by atoms with Crippen molar-refractivity contribution in [2.75, 3.05) is 12.3 Å². The van der Waals surface area contributed by atoms with Gasteiger partial charge in [-0.05, 0) is 29.9 Å². The lowest BCUT2D eigenvalue weighted by atomic mass is 9.85. The van der Waals surface area contributed by atoms with Gasteiger partial charge in [0.15, 0.2) is 0 Å². The highest BCUT2D eigenvalue weighted by atomic mass is 16.2. The Morgan fingerprint density at radius 1 is 1.39 bits per heavy atom. The Kier molecular flexibility index (Phi) is 3.55. The van der Waals surface area contributed by atoms with Crippen molar-refractivity contribution in [3.05, 3.63) is 23.9 Å². The number of hydrogen-bond donors (Lipinski definition) is 1. The molecule has 0 saturated carbocycles. The van der Waals surface area contributed by atoms with Gasteiger partial charge in [-0.15, -0.1) is 0 Å². The smallest absolute Gasteiger partial charge is 0.222 e. The number of nitrogens with two attached hydrogens (primary N) is 1. The summed E-state index contributed by atoms with van der Waals surface area (Å²) in [6.07, 6.45) is 4.43. The highest BCUT2D eigenvalue weighted by Gasteiger charge is 2.27. The molecule has 1 fully saturated rings. The molecule has 0 aromatic carbocycles. The molecule has 1 aromatic rings. The van der Waals surface area contributed by atoms with Gasteiger partial charge >= 0.3 is 0 Å². The van der Waals surface area contributed by atoms with Crippen molar-refractivity contribution >= 4 is 11.7 Å². The molecule has 0 radical (unpaired) electrons. The number of carbonyl (C=O) groups excluding carboxylic acids is 1. The van der Waals surface area contributed by atoms with Gasteiger partial charge in [-0.2, -0.15) is 0 Å². The van der Waals surface area contributed by atoms with Crippen molar-refractivity contribution < 1.29 is 4.79 Å². The maximum absolute atomic E-state index is 12.1. The van der Waals surface area contributed by atoms with Gasteiger partial charge in [0, 0.05) is 25.7 Å². The number of nitrogen functional groups attached to an aromatic ring is 1. The molecule has 1 amide bonds. The van der Waals surface area contributed by atoms with Crippen LogP contribution in [-0.2, 0) is 11.3 Å². The molecule has 1 aliphatic heterocycles. The number of pyridine rings is 1. The van der Waals surface area contributed by atoms with Crippen LogP contribution in [0.2, 0.25) is 0 Å². The second kappa shape index (κ2) is 4.96. The number of anilines is 1. The van der Waals surface area contributed by atoms with E-state index >= 15 is 0 Å². The van der Waals surface area contributed by atoms with Crippen LogP contribution in [0.15, 0.2) is 18.3 Å². The monoisotopic (exact) mass is 247 g/mol. The minimum Gasteiger partial charge on any atom is -0.384 e. The number of nitrogens with zero attached hydrogens (tertiary/aromatic N) is 2. The molecular formula is C14H21N3O. The van der Waals surface area contributed by atoms with Gasteiger partial charge in [0.25, 0.3) is 0 Å². The maximum atomic E-state index is 12.1. The normalized spacial score (nSPS) is 19.7. The minimum atomic E-state index is 0.248. The lowest BCUT2D eigenvalue weighted by Gasteiger charge is -2.23. The van der Waals surface area contributed by atoms with Gasteiger partial charge in [-0.25, -0.2) is 4.98 Å². The van der Waals surface area contributed by atoms with Gasteiger partial charge in [0.05, 0.1) is 0 Å². The van der Waals surface area contributed by atoms with Crippen molar-refractivity contribution in [3.63, 3.8) is 0 Å². The molecule has 2 rings (SSSR count). The minimum absolute atomic E-state index is 0.248. The highest BCUT2D eigenvalue weighted by molar-refractivity contribution is 5.76. The first-order valence-electron chi connectivity index (χ1n) is 6.44. The molecule has 18 heavy (non-hydrogen) atoms. The van der Waals surface area contributed by atoms with Gasteiger partial charge in [0.1, 0.15) is 5.82 Å². The number of aromatic nitrogens is 1. The number of carbonyl (C=O) groups is 1. The fourth-order valence-corrected chi connectivity index (χ4v) is 2.21. The van der Waals surface area contributed by atoms with Crippen LogP contribution in [0.4, 0.5) is 5.82 Å². The maximum Gasteiger partial charge on any atom is 0.222 e. The lowest BCUT2D eigenvalue weighted by Crippen LogP contribution is -2.30. The average molecular weight is 247 g/mol. The van der Waals surface area contributed by atoms with Gasteiger partial charge in [-0.1, -0.05) is 19.9 Å². The quantitative estimate of drug-likeness (QED) is 0.871. The molecule has 0 atom stereocenters. The number of likely N-dealkylation sites (tertiary alicyclic amines) is 1. The summed E-state index contributed by atoms with van der Waals surface area (Å²) in [6, 6.07) is 3.72. The first-order valence-corrected chi connectivity index (χ1v) is 6.44. The molecule has 1 aromatic heterocycles. The fraction of sp³-hybridized carbons (Fsp3) is 0.571. The predicted molar refractivity (Wildman–Crippen MR) is 71.7 cm³/mol. The zero-order valence-electron chi connectivity index (χ0n) is 11.1. The Morgan fingerprint density at radius 2 is 2.17 bits per heavy atom. The molecule has 0 unspecified atom stereocenters. The molecule has 4 nitrogen and oxygen atoms in total. The van der Waals surface area contributed by atoms with Crippen molar-refractivity contribution in [2.24, 2.45) is 5.41 Å². The summed E-state index contributed by atoms with van der Waals surface area (Å²) in [4.78, 5) is 18.0. The largest absolute Gasteiger partial charge is 0.384 e. The zero-order valence-corrected chi connectivity index (χ0v) is 11.1. The van der Waals surface area contributed by atoms with Crippen molar-refractivity contribution in [3.8, 4) is 0 Å². The molecule has 1 aliphatic rings. The van der Waals surface area contributed by atoms with Crippen LogP contribution < -0.4 is 5.73 Å². The molecule has 0 bridgehead atoms. The SMILES string of the molecule is CC1(C)CCC(=O)N(Cc2ccc(N)nc2)CC1. The summed E-state index contributed by atoms with van der Waals surface area (Å²) < 4.78 is 0. The van der Waals surface area contributed by atoms with E-state index < -0.39 is 0 Å². The van der Waals surface area contributed by atoms with Crippen molar-refractivity contribution in [1.29, 1.82) is 0 Å². The fourth-order valence-electron chi connectivity index (χ4n) is 2.21. The van der Waals surface area contributed by atoms with Crippen LogP contribution >= 0.6 is 0 Å². The Morgan fingerprint density at radius 3 is 2.83 bits per heavy atom. The van der Waals surface area contributed by atoms with Crippen molar-refractivity contribution in [1.82, 2.24) is 9.88 Å². The molecule has 2 heterocycles. The molecule has 4 heteroatoms. The second-order valence-corrected chi connectivity index (χ2v) is 5.82. The molecule has 0 spiro atoms. The molecule has 98 valence electrons. The van der Waals surface area contributed by atoms with E-state index in [4.69, 9.17) is 5.73 Å². The summed E-state index contributed by atoms with van der Waals surface area (Å²) in [5.74, 6) is 0.763. The third-order valence-corrected chi connectivity index (χ3v) is 3.65. The van der Waals surface area contributed by atoms with Gasteiger partial charge in [0.2, 0.25) is 5.91 Å². The first-order chi connectivity index (χ1) is 8.46. The summed E-state index contributed by atoms with van der Waals surface area (Å²) >= 11 is 0. The molecule has 1 saturated heterocycles. The van der Waals surface area contributed by atoms with Crippen LogP contribution in [0.3, 0.4) is 0 Å². The van der Waals surface area contributed by atoms with E-state index in [-0.39, 0.29) is 11.3 Å². The lowest BCUT2D eigenvalue weighted by molar-refractivity contribution is -0.131. The van der Waals surface area contributed by atoms with Gasteiger partial charge < -0.3 is 10.6 Å². The van der Waals surface area contributed by atoms with Gasteiger partial charge in [-0.3, -0.25) is 4.79 Å². The second-order valence-electron chi connectivity index (χ2n) is 5.82. The van der Waals surface area contributed by atoms with Crippen LogP contribution in [0.25, 0.3) is 0 Å². The third-order valence-electron chi connectivity index (χ3n) is 3.65. The first kappa shape index (κ1) is 12.9. The summed E-state index contributed by atoms with van der Waals surface area (Å²) in [5.41, 5.74) is 6.86. The van der Waals surface area contributed by atoms with E-state index in [0.29, 0.717) is 18.8 Å². The standard InChI is InChI=1S/C14H21N3O/c1-14(2)6-5-13(18)17(8-7-14)10-11-3-4-12(15)16-9-11/h3-4,9H,5-8,10H2,1-2H3,(H2,15,16). The van der Waals surface area contributed by atoms with E-state index in [9.17, 15) is 4.79 Å². The predicted octanol–water partition coefficient (Wildman–Crippen LogP) is 2.20. The summed E-state index contributed by atoms with van der Waals surface area (Å²) in [6.45, 7) is 5.93. The summed E-state index contributed by atoms with van der Waals surface area (Å²) in [5, 5.41) is 0. The third kappa shape index (κ3) is 3.22. The van der Waals surface area contributed by atoms with Crippen molar-refractivity contribution in [2.45, 2.75) is 39.7 Å². The Bertz CT molecular complexity index is 425. The molecule has 0 aliphatic carbocycles. The molecular weight excluding hydrogens is 226 g/mol. The van der Waals surface area contributed by atoms with Crippen LogP contribution in [-0.4, -0.2) is 22.3 Å². The molecule has 2 N–H and O–H groups in total. The topological polar surface area (TPSA) is 59.2 Å². The highest BCUT2D eigenvalue weighted by Crippen LogP contribution is 2.30. The van der Waals surface area contributed by atoms with Crippen LogP contribution in [0, 0.1) is 5.41 Å². The van der Waals surface area contributed by atoms with E-state index in [1.807, 2.05) is 11.0 Å². The van der Waals surface area contributed by atoms with E-state index in [1.165, 1.54) is 0 Å². The van der Waals surface area contributed by atoms with Crippen LogP contribution in [0.5, 0.6) is 0 Å². The summed E-state index contributed by atoms with van der Waals surface area (Å²) in [7, 11) is 0.